The topological polar surface area (TPSA) is 76.5 Å². The largest absolute Gasteiger partial charge is 0.485 e. The normalized spacial score (nSPS) is 14.2. The van der Waals surface area contributed by atoms with Crippen LogP contribution in [0.4, 0.5) is 0 Å². The van der Waals surface area contributed by atoms with Gasteiger partial charge in [-0.3, -0.25) is 0 Å². The highest BCUT2D eigenvalue weighted by Gasteiger charge is 2.35. The Morgan fingerprint density at radius 1 is 1.13 bits per heavy atom. The number of ether oxygens (including phenoxy) is 3. The van der Waals surface area contributed by atoms with Crippen molar-refractivity contribution in [2.75, 3.05) is 0 Å². The minimum Gasteiger partial charge on any atom is -0.485 e. The molecule has 0 N–H and O–H groups in total. The van der Waals surface area contributed by atoms with Gasteiger partial charge in [0.15, 0.2) is 11.5 Å². The molecule has 0 aliphatic carbocycles. The molecule has 0 radical (unpaired) electrons. The molecule has 1 aliphatic heterocycles. The second-order valence-corrected chi connectivity index (χ2v) is 5.65. The van der Waals surface area contributed by atoms with Crippen LogP contribution in [0.3, 0.4) is 0 Å². The summed E-state index contributed by atoms with van der Waals surface area (Å²) in [5, 5.41) is 3.62. The molecule has 0 aromatic heterocycles. The second kappa shape index (κ2) is 6.10. The van der Waals surface area contributed by atoms with E-state index in [0.717, 1.165) is 11.1 Å². The number of hydrogen-bond acceptors (Lipinski definition) is 4. The Bertz CT molecular complexity index is 753. The summed E-state index contributed by atoms with van der Waals surface area (Å²) in [7, 11) is 0. The monoisotopic (exact) mass is 311 g/mol. The van der Waals surface area contributed by atoms with E-state index in [1.165, 1.54) is 0 Å². The summed E-state index contributed by atoms with van der Waals surface area (Å²) in [6.07, 6.45) is 0. The number of benzene rings is 2. The predicted octanol–water partition coefficient (Wildman–Crippen LogP) is 4.58. The lowest BCUT2D eigenvalue weighted by molar-refractivity contribution is -0.0441. The van der Waals surface area contributed by atoms with E-state index < -0.39 is 5.79 Å². The van der Waals surface area contributed by atoms with Gasteiger partial charge < -0.3 is 14.2 Å². The molecule has 0 spiro atoms. The van der Waals surface area contributed by atoms with E-state index in [0.29, 0.717) is 23.9 Å². The summed E-state index contributed by atoms with van der Waals surface area (Å²) >= 11 is 0. The van der Waals surface area contributed by atoms with Gasteiger partial charge in [0.2, 0.25) is 11.5 Å². The zero-order valence-corrected chi connectivity index (χ0v) is 13.0. The predicted molar refractivity (Wildman–Crippen MR) is 85.4 cm³/mol. The third-order valence-corrected chi connectivity index (χ3v) is 3.39. The van der Waals surface area contributed by atoms with Crippen LogP contribution < -0.4 is 14.2 Å². The molecule has 0 saturated heterocycles. The third-order valence-electron chi connectivity index (χ3n) is 3.39. The standard InChI is InChI=1S/C17H17N3O3/c1-17(2)22-14-9-8-13(10-19-20-18)15(16(14)23-17)21-11-12-6-4-3-5-7-12/h3-9H,10-11H2,1-2H3. The lowest BCUT2D eigenvalue weighted by Crippen LogP contribution is -2.29. The lowest BCUT2D eigenvalue weighted by Gasteiger charge is -2.17. The molecule has 6 heteroatoms. The molecular weight excluding hydrogens is 294 g/mol. The molecule has 0 amide bonds. The van der Waals surface area contributed by atoms with Crippen LogP contribution in [0.1, 0.15) is 25.0 Å². The first-order valence-corrected chi connectivity index (χ1v) is 7.30. The minimum atomic E-state index is -0.746. The van der Waals surface area contributed by atoms with E-state index in [1.807, 2.05) is 56.3 Å². The Labute approximate surface area is 134 Å². The maximum atomic E-state index is 8.56. The van der Waals surface area contributed by atoms with E-state index in [4.69, 9.17) is 19.7 Å². The fourth-order valence-corrected chi connectivity index (χ4v) is 2.41. The highest BCUT2D eigenvalue weighted by atomic mass is 16.7. The average molecular weight is 311 g/mol. The molecule has 1 heterocycles. The van der Waals surface area contributed by atoms with Crippen LogP contribution in [-0.4, -0.2) is 5.79 Å². The van der Waals surface area contributed by atoms with Crippen LogP contribution in [-0.2, 0) is 13.2 Å². The Morgan fingerprint density at radius 3 is 2.65 bits per heavy atom. The van der Waals surface area contributed by atoms with Gasteiger partial charge in [0.1, 0.15) is 6.61 Å². The van der Waals surface area contributed by atoms with E-state index in [2.05, 4.69) is 10.0 Å². The molecule has 6 nitrogen and oxygen atoms in total. The molecular formula is C17H17N3O3. The highest BCUT2D eigenvalue weighted by molar-refractivity contribution is 5.57. The third kappa shape index (κ3) is 3.33. The van der Waals surface area contributed by atoms with E-state index >= 15 is 0 Å². The zero-order chi connectivity index (χ0) is 16.3. The number of rotatable bonds is 5. The van der Waals surface area contributed by atoms with Crippen molar-refractivity contribution in [1.29, 1.82) is 0 Å². The van der Waals surface area contributed by atoms with E-state index in [9.17, 15) is 0 Å². The van der Waals surface area contributed by atoms with Gasteiger partial charge in [-0.15, -0.1) is 0 Å². The van der Waals surface area contributed by atoms with Crippen LogP contribution in [0.2, 0.25) is 0 Å². The summed E-state index contributed by atoms with van der Waals surface area (Å²) in [6, 6.07) is 13.5. The van der Waals surface area contributed by atoms with Gasteiger partial charge in [0.25, 0.3) is 0 Å². The molecule has 2 aromatic carbocycles. The fourth-order valence-electron chi connectivity index (χ4n) is 2.41. The van der Waals surface area contributed by atoms with Gasteiger partial charge in [0, 0.05) is 24.3 Å². The van der Waals surface area contributed by atoms with Gasteiger partial charge in [-0.2, -0.15) is 0 Å². The Hall–Kier alpha value is -2.85. The number of hydrogen-bond donors (Lipinski definition) is 0. The first-order valence-electron chi connectivity index (χ1n) is 7.30. The number of nitrogens with zero attached hydrogens (tertiary/aromatic N) is 3. The Balaban J connectivity index is 1.92. The highest BCUT2D eigenvalue weighted by Crippen LogP contribution is 2.48. The Kier molecular flexibility index (Phi) is 4.00. The van der Waals surface area contributed by atoms with Crippen molar-refractivity contribution in [2.45, 2.75) is 32.8 Å². The van der Waals surface area contributed by atoms with Crippen LogP contribution in [0, 0.1) is 0 Å². The van der Waals surface area contributed by atoms with Gasteiger partial charge >= 0.3 is 0 Å². The van der Waals surface area contributed by atoms with Crippen molar-refractivity contribution in [3.63, 3.8) is 0 Å². The van der Waals surface area contributed by atoms with Crippen LogP contribution in [0.25, 0.3) is 10.4 Å². The van der Waals surface area contributed by atoms with Crippen molar-refractivity contribution in [3.05, 3.63) is 64.0 Å². The molecule has 0 saturated carbocycles. The summed E-state index contributed by atoms with van der Waals surface area (Å²) in [5.74, 6) is 0.994. The molecule has 0 bridgehead atoms. The van der Waals surface area contributed by atoms with Gasteiger partial charge in [-0.1, -0.05) is 41.5 Å². The summed E-state index contributed by atoms with van der Waals surface area (Å²) in [5.41, 5.74) is 10.4. The molecule has 0 atom stereocenters. The smallest absolute Gasteiger partial charge is 0.246 e. The first-order chi connectivity index (χ1) is 11.1. The lowest BCUT2D eigenvalue weighted by atomic mass is 10.1. The molecule has 0 fully saturated rings. The van der Waals surface area contributed by atoms with Crippen molar-refractivity contribution in [2.24, 2.45) is 5.11 Å². The molecule has 0 unspecified atom stereocenters. The second-order valence-electron chi connectivity index (χ2n) is 5.65. The van der Waals surface area contributed by atoms with Crippen LogP contribution >= 0.6 is 0 Å². The van der Waals surface area contributed by atoms with Crippen molar-refractivity contribution < 1.29 is 14.2 Å². The average Bonchev–Trinajstić information content (AvgIpc) is 2.86. The maximum Gasteiger partial charge on any atom is 0.246 e. The van der Waals surface area contributed by atoms with E-state index in [1.54, 1.807) is 0 Å². The van der Waals surface area contributed by atoms with Gasteiger partial charge in [0.05, 0.1) is 6.54 Å². The summed E-state index contributed by atoms with van der Waals surface area (Å²) in [4.78, 5) is 2.81. The van der Waals surface area contributed by atoms with Gasteiger partial charge in [-0.05, 0) is 17.2 Å². The van der Waals surface area contributed by atoms with Crippen molar-refractivity contribution >= 4 is 0 Å². The zero-order valence-electron chi connectivity index (χ0n) is 13.0. The van der Waals surface area contributed by atoms with Crippen molar-refractivity contribution in [3.8, 4) is 17.2 Å². The quantitative estimate of drug-likeness (QED) is 0.460. The van der Waals surface area contributed by atoms with Crippen LogP contribution in [0.15, 0.2) is 47.6 Å². The molecule has 3 rings (SSSR count). The molecule has 118 valence electrons. The molecule has 23 heavy (non-hydrogen) atoms. The number of azide groups is 1. The summed E-state index contributed by atoms with van der Waals surface area (Å²) < 4.78 is 17.6. The fraction of sp³-hybridized carbons (Fsp3) is 0.294. The first kappa shape index (κ1) is 15.1. The SMILES string of the molecule is CC1(C)Oc2ccc(CN=[N+]=[N-])c(OCc3ccccc3)c2O1. The number of fused-ring (bicyclic) bond motifs is 1. The summed E-state index contributed by atoms with van der Waals surface area (Å²) in [6.45, 7) is 4.25. The maximum absolute atomic E-state index is 8.56. The van der Waals surface area contributed by atoms with Crippen molar-refractivity contribution in [1.82, 2.24) is 0 Å². The minimum absolute atomic E-state index is 0.192. The van der Waals surface area contributed by atoms with E-state index in [-0.39, 0.29) is 6.54 Å². The molecule has 2 aromatic rings. The van der Waals surface area contributed by atoms with Crippen LogP contribution in [0.5, 0.6) is 17.2 Å². The molecule has 1 aliphatic rings. The van der Waals surface area contributed by atoms with Gasteiger partial charge in [-0.25, -0.2) is 0 Å². The Morgan fingerprint density at radius 2 is 1.91 bits per heavy atom.